The van der Waals surface area contributed by atoms with Gasteiger partial charge >= 0.3 is 5.69 Å². The van der Waals surface area contributed by atoms with Gasteiger partial charge in [-0.3, -0.25) is 24.2 Å². The number of carboxylic acid groups (broad SMARTS) is 1. The molecule has 0 unspecified atom stereocenters. The van der Waals surface area contributed by atoms with Crippen LogP contribution >= 0.6 is 0 Å². The van der Waals surface area contributed by atoms with Crippen molar-refractivity contribution in [3.8, 4) is 0 Å². The number of aromatic nitrogens is 4. The second kappa shape index (κ2) is 10.1. The van der Waals surface area contributed by atoms with Gasteiger partial charge in [-0.2, -0.15) is 5.10 Å². The maximum absolute atomic E-state index is 12.9. The Kier molecular flexibility index (Phi) is 7.38. The molecule has 2 aliphatic heterocycles. The maximum Gasteiger partial charge on any atom is 0.340 e. The van der Waals surface area contributed by atoms with Gasteiger partial charge in [0, 0.05) is 42.7 Å². The summed E-state index contributed by atoms with van der Waals surface area (Å²) in [6, 6.07) is 4.99. The summed E-state index contributed by atoms with van der Waals surface area (Å²) in [5, 5.41) is 16.0. The normalized spacial score (nSPS) is 21.0. The topological polar surface area (TPSA) is 170 Å². The smallest absolute Gasteiger partial charge is 0.340 e. The molecule has 2 aromatic rings. The van der Waals surface area contributed by atoms with E-state index in [0.29, 0.717) is 25.5 Å². The lowest BCUT2D eigenvalue weighted by atomic mass is 9.78. The number of nitrogens with one attached hydrogen (secondary N) is 3. The van der Waals surface area contributed by atoms with Crippen molar-refractivity contribution >= 4 is 18.3 Å². The number of likely N-dealkylation sites (tertiary alicyclic amines) is 1. The fourth-order valence-electron chi connectivity index (χ4n) is 4.61. The quantitative estimate of drug-likeness (QED) is 0.447. The minimum absolute atomic E-state index is 0.00516. The van der Waals surface area contributed by atoms with E-state index in [1.807, 2.05) is 26.8 Å². The third-order valence-electron chi connectivity index (χ3n) is 6.17. The molecule has 3 atom stereocenters. The van der Waals surface area contributed by atoms with E-state index >= 15 is 0 Å². The van der Waals surface area contributed by atoms with E-state index in [0.717, 1.165) is 12.1 Å². The first kappa shape index (κ1) is 24.9. The van der Waals surface area contributed by atoms with E-state index in [4.69, 9.17) is 9.90 Å². The first-order valence-corrected chi connectivity index (χ1v) is 11.0. The molecular formula is C22H30N6O6. The molecule has 184 valence electrons. The Morgan fingerprint density at radius 3 is 2.59 bits per heavy atom. The number of H-pyrrole nitrogens is 2. The molecule has 4 rings (SSSR count). The molecule has 12 heteroatoms. The summed E-state index contributed by atoms with van der Waals surface area (Å²) in [7, 11) is 0. The van der Waals surface area contributed by atoms with Gasteiger partial charge in [-0.05, 0) is 18.4 Å². The molecule has 2 amide bonds. The number of hydrogen-bond donors (Lipinski definition) is 4. The summed E-state index contributed by atoms with van der Waals surface area (Å²) in [6.45, 7) is 6.62. The Labute approximate surface area is 195 Å². The summed E-state index contributed by atoms with van der Waals surface area (Å²) in [4.78, 5) is 62.0. The Balaban J connectivity index is 0.00000103. The van der Waals surface area contributed by atoms with Gasteiger partial charge in [0.25, 0.3) is 12.0 Å². The van der Waals surface area contributed by atoms with Crippen molar-refractivity contribution < 1.29 is 19.5 Å². The van der Waals surface area contributed by atoms with Crippen molar-refractivity contribution in [2.45, 2.75) is 45.6 Å². The minimum atomic E-state index is -0.531. The number of aromatic amines is 2. The van der Waals surface area contributed by atoms with Crippen molar-refractivity contribution in [2.24, 2.45) is 11.3 Å². The van der Waals surface area contributed by atoms with Crippen LogP contribution in [0, 0.1) is 11.3 Å². The van der Waals surface area contributed by atoms with Gasteiger partial charge in [0.2, 0.25) is 11.8 Å². The van der Waals surface area contributed by atoms with Crippen LogP contribution in [0.1, 0.15) is 50.7 Å². The van der Waals surface area contributed by atoms with Crippen molar-refractivity contribution in [1.29, 1.82) is 0 Å². The molecule has 4 N–H and O–H groups in total. The first-order valence-electron chi connectivity index (χ1n) is 11.0. The molecule has 0 spiro atoms. The molecule has 12 nitrogen and oxygen atoms in total. The van der Waals surface area contributed by atoms with Crippen LogP contribution in [-0.2, 0) is 20.8 Å². The molecule has 4 heterocycles. The zero-order valence-corrected chi connectivity index (χ0v) is 19.4. The van der Waals surface area contributed by atoms with Crippen LogP contribution in [0.15, 0.2) is 27.8 Å². The van der Waals surface area contributed by atoms with Gasteiger partial charge in [-0.15, -0.1) is 0 Å². The van der Waals surface area contributed by atoms with E-state index in [1.54, 1.807) is 21.6 Å². The Hall–Kier alpha value is -3.70. The monoisotopic (exact) mass is 474 g/mol. The lowest BCUT2D eigenvalue weighted by Gasteiger charge is -2.47. The minimum Gasteiger partial charge on any atom is -0.483 e. The highest BCUT2D eigenvalue weighted by Crippen LogP contribution is 2.41. The molecule has 1 fully saturated rings. The number of piperidine rings is 1. The summed E-state index contributed by atoms with van der Waals surface area (Å²) >= 11 is 0. The lowest BCUT2D eigenvalue weighted by molar-refractivity contribution is -0.134. The van der Waals surface area contributed by atoms with Gasteiger partial charge in [0.05, 0.1) is 12.5 Å². The van der Waals surface area contributed by atoms with Crippen LogP contribution in [0.2, 0.25) is 0 Å². The van der Waals surface area contributed by atoms with Crippen LogP contribution in [0.4, 0.5) is 0 Å². The molecule has 1 saturated heterocycles. The highest BCUT2D eigenvalue weighted by atomic mass is 16.3. The van der Waals surface area contributed by atoms with E-state index in [1.165, 1.54) is 0 Å². The number of fused-ring (bicyclic) bond motifs is 4. The third-order valence-corrected chi connectivity index (χ3v) is 6.17. The van der Waals surface area contributed by atoms with Crippen molar-refractivity contribution in [3.05, 3.63) is 50.6 Å². The molecule has 0 aliphatic carbocycles. The van der Waals surface area contributed by atoms with E-state index in [2.05, 4.69) is 20.5 Å². The van der Waals surface area contributed by atoms with Gasteiger partial charge in [-0.1, -0.05) is 26.8 Å². The zero-order chi connectivity index (χ0) is 25.0. The number of amides is 2. The van der Waals surface area contributed by atoms with Crippen molar-refractivity contribution in [2.75, 3.05) is 19.6 Å². The van der Waals surface area contributed by atoms with Crippen LogP contribution in [-0.4, -0.2) is 67.7 Å². The van der Waals surface area contributed by atoms with E-state index in [-0.39, 0.29) is 48.1 Å². The Bertz CT molecular complexity index is 1160. The van der Waals surface area contributed by atoms with Crippen molar-refractivity contribution in [3.63, 3.8) is 0 Å². The van der Waals surface area contributed by atoms with E-state index < -0.39 is 11.1 Å². The average Bonchev–Trinajstić information content (AvgIpc) is 3.18. The van der Waals surface area contributed by atoms with Crippen LogP contribution in [0.25, 0.3) is 0 Å². The third kappa shape index (κ3) is 5.43. The number of hydrogen-bond acceptors (Lipinski definition) is 6. The molecule has 0 radical (unpaired) electrons. The zero-order valence-electron chi connectivity index (χ0n) is 19.4. The van der Waals surface area contributed by atoms with Gasteiger partial charge in [0.1, 0.15) is 5.82 Å². The standard InChI is InChI=1S/C21H28N6O4.CH2O2/c1-21(2,3)19(30)22-9-15-13-7-12(14-5-4-6-17(28)27(14)15)10-26(11-13)18(29)8-16-23-20(31)25-24-16;2-1-3/h4-6,12-13,15H,7-11H2,1-3H3,(H,22,30)(H2,23,24,25,31);1H,(H,2,3)/t12-,13+,15+;/m1./s1. The first-order chi connectivity index (χ1) is 16.0. The fraction of sp³-hybridized carbons (Fsp3) is 0.545. The Morgan fingerprint density at radius 2 is 1.97 bits per heavy atom. The highest BCUT2D eigenvalue weighted by molar-refractivity contribution is 5.81. The van der Waals surface area contributed by atoms with Crippen LogP contribution < -0.4 is 16.6 Å². The SMILES string of the molecule is CC(C)(C)C(=O)NC[C@H]1[C@H]2C[C@H](CN(C(=O)Cc3n[nH]c(=O)[nH]3)C2)c2cccc(=O)n21.O=CO. The summed E-state index contributed by atoms with van der Waals surface area (Å²) in [6.07, 6.45) is 0.855. The van der Waals surface area contributed by atoms with Gasteiger partial charge < -0.3 is 19.9 Å². The number of carbonyl (C=O) groups is 3. The fourth-order valence-corrected chi connectivity index (χ4v) is 4.61. The molecule has 34 heavy (non-hydrogen) atoms. The highest BCUT2D eigenvalue weighted by Gasteiger charge is 2.42. The lowest BCUT2D eigenvalue weighted by Crippen LogP contribution is -2.54. The molecular weight excluding hydrogens is 444 g/mol. The summed E-state index contributed by atoms with van der Waals surface area (Å²) in [5.74, 6) is 0.183. The second-order valence-corrected chi connectivity index (χ2v) is 9.58. The van der Waals surface area contributed by atoms with Crippen molar-refractivity contribution in [1.82, 2.24) is 30.0 Å². The Morgan fingerprint density at radius 1 is 1.26 bits per heavy atom. The average molecular weight is 475 g/mol. The summed E-state index contributed by atoms with van der Waals surface area (Å²) in [5.41, 5.74) is -0.168. The predicted molar refractivity (Wildman–Crippen MR) is 121 cm³/mol. The number of pyridine rings is 1. The molecule has 2 aliphatic rings. The number of rotatable bonds is 4. The molecule has 0 aromatic carbocycles. The number of carbonyl (C=O) groups excluding carboxylic acids is 2. The van der Waals surface area contributed by atoms with Crippen LogP contribution in [0.3, 0.4) is 0 Å². The van der Waals surface area contributed by atoms with Crippen LogP contribution in [0.5, 0.6) is 0 Å². The predicted octanol–water partition coefficient (Wildman–Crippen LogP) is -0.148. The van der Waals surface area contributed by atoms with Gasteiger partial charge in [-0.25, -0.2) is 9.89 Å². The summed E-state index contributed by atoms with van der Waals surface area (Å²) < 4.78 is 1.80. The largest absolute Gasteiger partial charge is 0.483 e. The van der Waals surface area contributed by atoms with Gasteiger partial charge in [0.15, 0.2) is 0 Å². The second-order valence-electron chi connectivity index (χ2n) is 9.58. The maximum atomic E-state index is 12.9. The number of nitrogens with zero attached hydrogens (tertiary/aromatic N) is 3. The molecule has 2 aromatic heterocycles. The van der Waals surface area contributed by atoms with E-state index in [9.17, 15) is 19.2 Å². The molecule has 2 bridgehead atoms. The molecule has 0 saturated carbocycles.